The Morgan fingerprint density at radius 2 is 2.00 bits per heavy atom. The van der Waals surface area contributed by atoms with Crippen molar-refractivity contribution >= 4 is 10.0 Å². The van der Waals surface area contributed by atoms with Crippen LogP contribution in [0.2, 0.25) is 0 Å². The van der Waals surface area contributed by atoms with Gasteiger partial charge in [-0.15, -0.1) is 0 Å². The van der Waals surface area contributed by atoms with Gasteiger partial charge in [-0.2, -0.15) is 9.40 Å². The summed E-state index contributed by atoms with van der Waals surface area (Å²) in [6.45, 7) is 5.77. The van der Waals surface area contributed by atoms with E-state index in [0.717, 1.165) is 12.8 Å². The first-order chi connectivity index (χ1) is 13.0. The summed E-state index contributed by atoms with van der Waals surface area (Å²) in [5.41, 5.74) is 0.546. The summed E-state index contributed by atoms with van der Waals surface area (Å²) >= 11 is 0. The van der Waals surface area contributed by atoms with Crippen LogP contribution in [0.15, 0.2) is 35.4 Å². The molecule has 0 N–H and O–H groups in total. The molecule has 27 heavy (non-hydrogen) atoms. The lowest BCUT2D eigenvalue weighted by Gasteiger charge is -2.31. The number of rotatable bonds is 7. The fourth-order valence-electron chi connectivity index (χ4n) is 3.38. The number of piperidine rings is 1. The van der Waals surface area contributed by atoms with Gasteiger partial charge in [-0.3, -0.25) is 4.68 Å². The third-order valence-electron chi connectivity index (χ3n) is 4.87. The minimum absolute atomic E-state index is 0.139. The van der Waals surface area contributed by atoms with Crippen molar-refractivity contribution in [2.24, 2.45) is 5.92 Å². The predicted octanol–water partition coefficient (Wildman–Crippen LogP) is 2.70. The third-order valence-corrected chi connectivity index (χ3v) is 6.84. The highest BCUT2D eigenvalue weighted by Crippen LogP contribution is 2.29. The maximum atomic E-state index is 13.1. The molecule has 8 heteroatoms. The summed E-state index contributed by atoms with van der Waals surface area (Å²) in [5.74, 6) is 1.50. The quantitative estimate of drug-likeness (QED) is 0.723. The minimum Gasteiger partial charge on any atom is -0.493 e. The Bertz CT molecular complexity index is 879. The van der Waals surface area contributed by atoms with Gasteiger partial charge in [-0.05, 0) is 38.8 Å². The Labute approximate surface area is 160 Å². The normalized spacial score (nSPS) is 18.4. The average molecular weight is 394 g/mol. The van der Waals surface area contributed by atoms with E-state index < -0.39 is 10.0 Å². The SMILES string of the molecule is CCn1cc(S(=O)(=O)N2CCC[C@@H](COc3ccccc3OC)C2)c(C)n1. The summed E-state index contributed by atoms with van der Waals surface area (Å²) < 4.78 is 40.6. The van der Waals surface area contributed by atoms with Crippen molar-refractivity contribution in [1.29, 1.82) is 0 Å². The van der Waals surface area contributed by atoms with Gasteiger partial charge in [0.05, 0.1) is 19.4 Å². The van der Waals surface area contributed by atoms with Crippen LogP contribution >= 0.6 is 0 Å². The maximum absolute atomic E-state index is 13.1. The zero-order valence-corrected chi connectivity index (χ0v) is 16.9. The molecular formula is C19H27N3O4S. The first kappa shape index (κ1) is 19.7. The van der Waals surface area contributed by atoms with Crippen molar-refractivity contribution in [3.63, 3.8) is 0 Å². The van der Waals surface area contributed by atoms with Crippen molar-refractivity contribution in [2.45, 2.75) is 38.1 Å². The summed E-state index contributed by atoms with van der Waals surface area (Å²) in [6.07, 6.45) is 3.38. The molecule has 0 aliphatic carbocycles. The molecule has 1 fully saturated rings. The van der Waals surface area contributed by atoms with E-state index in [0.29, 0.717) is 48.3 Å². The van der Waals surface area contributed by atoms with Crippen LogP contribution in [0.25, 0.3) is 0 Å². The fourth-order valence-corrected chi connectivity index (χ4v) is 5.10. The second-order valence-corrected chi connectivity index (χ2v) is 8.67. The van der Waals surface area contributed by atoms with Crippen molar-refractivity contribution in [3.8, 4) is 11.5 Å². The number of hydrogen-bond donors (Lipinski definition) is 0. The van der Waals surface area contributed by atoms with Gasteiger partial charge in [0.1, 0.15) is 4.90 Å². The monoisotopic (exact) mass is 393 g/mol. The molecule has 1 aromatic carbocycles. The van der Waals surface area contributed by atoms with Gasteiger partial charge >= 0.3 is 0 Å². The number of ether oxygens (including phenoxy) is 2. The first-order valence-corrected chi connectivity index (χ1v) is 10.7. The second kappa shape index (κ2) is 8.31. The molecule has 2 aromatic rings. The molecule has 1 atom stereocenters. The van der Waals surface area contributed by atoms with E-state index in [4.69, 9.17) is 9.47 Å². The van der Waals surface area contributed by atoms with Crippen LogP contribution < -0.4 is 9.47 Å². The van der Waals surface area contributed by atoms with Crippen molar-refractivity contribution in [1.82, 2.24) is 14.1 Å². The molecule has 7 nitrogen and oxygen atoms in total. The average Bonchev–Trinajstić information content (AvgIpc) is 3.08. The zero-order valence-electron chi connectivity index (χ0n) is 16.1. The number of sulfonamides is 1. The largest absolute Gasteiger partial charge is 0.493 e. The zero-order chi connectivity index (χ0) is 19.4. The molecule has 0 saturated carbocycles. The van der Waals surface area contributed by atoms with E-state index in [-0.39, 0.29) is 5.92 Å². The highest BCUT2D eigenvalue weighted by atomic mass is 32.2. The Morgan fingerprint density at radius 1 is 1.26 bits per heavy atom. The molecule has 0 radical (unpaired) electrons. The second-order valence-electron chi connectivity index (χ2n) is 6.77. The van der Waals surface area contributed by atoms with Crippen LogP contribution in [0.5, 0.6) is 11.5 Å². The molecule has 3 rings (SSSR count). The van der Waals surface area contributed by atoms with E-state index in [1.165, 1.54) is 0 Å². The number of benzene rings is 1. The number of hydrogen-bond acceptors (Lipinski definition) is 5. The van der Waals surface area contributed by atoms with Gasteiger partial charge in [0.25, 0.3) is 0 Å². The van der Waals surface area contributed by atoms with Crippen LogP contribution in [-0.2, 0) is 16.6 Å². The topological polar surface area (TPSA) is 73.7 Å². The molecule has 1 aliphatic heterocycles. The van der Waals surface area contributed by atoms with Gasteiger partial charge < -0.3 is 9.47 Å². The Kier molecular flexibility index (Phi) is 6.06. The van der Waals surface area contributed by atoms with E-state index in [1.54, 1.807) is 29.2 Å². The molecular weight excluding hydrogens is 366 g/mol. The molecule has 0 amide bonds. The van der Waals surface area contributed by atoms with Gasteiger partial charge in [-0.25, -0.2) is 8.42 Å². The Morgan fingerprint density at radius 3 is 2.67 bits per heavy atom. The Balaban J connectivity index is 1.69. The number of aromatic nitrogens is 2. The molecule has 0 bridgehead atoms. The minimum atomic E-state index is -3.54. The maximum Gasteiger partial charge on any atom is 0.246 e. The van der Waals surface area contributed by atoms with Gasteiger partial charge in [-0.1, -0.05) is 12.1 Å². The first-order valence-electron chi connectivity index (χ1n) is 9.25. The van der Waals surface area contributed by atoms with Gasteiger partial charge in [0.2, 0.25) is 10.0 Å². The lowest BCUT2D eigenvalue weighted by molar-refractivity contribution is 0.176. The molecule has 148 valence electrons. The van der Waals surface area contributed by atoms with Crippen molar-refractivity contribution in [3.05, 3.63) is 36.2 Å². The van der Waals surface area contributed by atoms with E-state index in [9.17, 15) is 8.42 Å². The number of aryl methyl sites for hydroxylation is 2. The molecule has 1 aromatic heterocycles. The smallest absolute Gasteiger partial charge is 0.246 e. The molecule has 2 heterocycles. The summed E-state index contributed by atoms with van der Waals surface area (Å²) in [4.78, 5) is 0.302. The fraction of sp³-hybridized carbons (Fsp3) is 0.526. The van der Waals surface area contributed by atoms with Crippen LogP contribution in [-0.4, -0.2) is 49.3 Å². The van der Waals surface area contributed by atoms with Crippen LogP contribution in [0, 0.1) is 12.8 Å². The highest BCUT2D eigenvalue weighted by molar-refractivity contribution is 7.89. The van der Waals surface area contributed by atoms with E-state index >= 15 is 0 Å². The van der Waals surface area contributed by atoms with Crippen LogP contribution in [0.1, 0.15) is 25.5 Å². The summed E-state index contributed by atoms with van der Waals surface area (Å²) in [7, 11) is -1.93. The lowest BCUT2D eigenvalue weighted by atomic mass is 10.0. The summed E-state index contributed by atoms with van der Waals surface area (Å²) in [6, 6.07) is 7.49. The lowest BCUT2D eigenvalue weighted by Crippen LogP contribution is -2.41. The molecule has 1 aliphatic rings. The Hall–Kier alpha value is -2.06. The van der Waals surface area contributed by atoms with Gasteiger partial charge in [0.15, 0.2) is 11.5 Å². The van der Waals surface area contributed by atoms with Crippen molar-refractivity contribution in [2.75, 3.05) is 26.8 Å². The standard InChI is InChI=1S/C19H27N3O4S/c1-4-21-13-19(15(2)20-21)27(23,24)22-11-7-8-16(12-22)14-26-18-10-6-5-9-17(18)25-3/h5-6,9-10,13,16H,4,7-8,11-12,14H2,1-3H3/t16-/m1/s1. The number of para-hydroxylation sites is 2. The van der Waals surface area contributed by atoms with Crippen molar-refractivity contribution < 1.29 is 17.9 Å². The molecule has 0 unspecified atom stereocenters. The molecule has 1 saturated heterocycles. The predicted molar refractivity (Wildman–Crippen MR) is 103 cm³/mol. The highest BCUT2D eigenvalue weighted by Gasteiger charge is 2.32. The van der Waals surface area contributed by atoms with E-state index in [1.807, 2.05) is 31.2 Å². The summed E-state index contributed by atoms with van der Waals surface area (Å²) in [5, 5.41) is 4.28. The van der Waals surface area contributed by atoms with Crippen LogP contribution in [0.3, 0.4) is 0 Å². The third kappa shape index (κ3) is 4.27. The number of methoxy groups -OCH3 is 1. The van der Waals surface area contributed by atoms with Crippen LogP contribution in [0.4, 0.5) is 0 Å². The van der Waals surface area contributed by atoms with Gasteiger partial charge in [0, 0.05) is 31.7 Å². The number of nitrogens with zero attached hydrogens (tertiary/aromatic N) is 3. The molecule has 0 spiro atoms. The van der Waals surface area contributed by atoms with E-state index in [2.05, 4.69) is 5.10 Å².